The number of ether oxygens (including phenoxy) is 2. The smallest absolute Gasteiger partial charge is 0.220 e. The van der Waals surface area contributed by atoms with Crippen molar-refractivity contribution in [2.75, 3.05) is 13.2 Å². The van der Waals surface area contributed by atoms with Gasteiger partial charge in [0.2, 0.25) is 5.91 Å². The van der Waals surface area contributed by atoms with E-state index in [0.29, 0.717) is 32.6 Å². The number of unbranched alkanes of at least 4 members (excludes halogenated alkanes) is 1. The standard InChI is InChI=1S/C25H30N2O4/c1-19-24(20(2)31-27-19)14-15-25(28)26-16-6-7-17-29-22-10-12-23(13-11-22)30-18-21-8-4-3-5-9-21/h3-5,8-13H,6-7,14-18H2,1-2H3,(H,26,28). The molecular weight excluding hydrogens is 392 g/mol. The molecule has 0 spiro atoms. The van der Waals surface area contributed by atoms with Crippen LogP contribution in [0.4, 0.5) is 0 Å². The van der Waals surface area contributed by atoms with Gasteiger partial charge in [-0.15, -0.1) is 0 Å². The molecular formula is C25H30N2O4. The monoisotopic (exact) mass is 422 g/mol. The highest BCUT2D eigenvalue weighted by Crippen LogP contribution is 2.19. The molecule has 1 heterocycles. The van der Waals surface area contributed by atoms with E-state index in [0.717, 1.165) is 46.9 Å². The van der Waals surface area contributed by atoms with Crippen molar-refractivity contribution in [2.24, 2.45) is 0 Å². The quantitative estimate of drug-likeness (QED) is 0.425. The van der Waals surface area contributed by atoms with Crippen LogP contribution in [0.1, 0.15) is 41.8 Å². The first-order chi connectivity index (χ1) is 15.1. The Morgan fingerprint density at radius 2 is 1.68 bits per heavy atom. The molecule has 0 radical (unpaired) electrons. The summed E-state index contributed by atoms with van der Waals surface area (Å²) in [5, 5.41) is 6.87. The number of aryl methyl sites for hydroxylation is 2. The first-order valence-corrected chi connectivity index (χ1v) is 10.7. The largest absolute Gasteiger partial charge is 0.494 e. The molecule has 0 atom stereocenters. The molecule has 0 bridgehead atoms. The zero-order valence-corrected chi connectivity index (χ0v) is 18.2. The Morgan fingerprint density at radius 3 is 2.35 bits per heavy atom. The van der Waals surface area contributed by atoms with Gasteiger partial charge in [-0.2, -0.15) is 0 Å². The van der Waals surface area contributed by atoms with E-state index < -0.39 is 0 Å². The number of aromatic nitrogens is 1. The Morgan fingerprint density at radius 1 is 0.968 bits per heavy atom. The highest BCUT2D eigenvalue weighted by atomic mass is 16.5. The van der Waals surface area contributed by atoms with Crippen molar-refractivity contribution in [3.05, 3.63) is 77.2 Å². The summed E-state index contributed by atoms with van der Waals surface area (Å²) in [5.74, 6) is 2.47. The number of hydrogen-bond acceptors (Lipinski definition) is 5. The van der Waals surface area contributed by atoms with Crippen LogP contribution in [0.5, 0.6) is 11.5 Å². The minimum Gasteiger partial charge on any atom is -0.494 e. The van der Waals surface area contributed by atoms with Crippen LogP contribution >= 0.6 is 0 Å². The lowest BCUT2D eigenvalue weighted by molar-refractivity contribution is -0.121. The summed E-state index contributed by atoms with van der Waals surface area (Å²) in [6.45, 7) is 5.58. The van der Waals surface area contributed by atoms with Gasteiger partial charge in [-0.1, -0.05) is 35.5 Å². The fourth-order valence-electron chi connectivity index (χ4n) is 3.20. The van der Waals surface area contributed by atoms with Crippen LogP contribution in [0.25, 0.3) is 0 Å². The summed E-state index contributed by atoms with van der Waals surface area (Å²) in [4.78, 5) is 12.0. The molecule has 164 valence electrons. The third-order valence-corrected chi connectivity index (χ3v) is 5.02. The predicted molar refractivity (Wildman–Crippen MR) is 119 cm³/mol. The van der Waals surface area contributed by atoms with E-state index in [-0.39, 0.29) is 5.91 Å². The normalized spacial score (nSPS) is 10.6. The molecule has 6 nitrogen and oxygen atoms in total. The first kappa shape index (κ1) is 22.4. The van der Waals surface area contributed by atoms with Gasteiger partial charge < -0.3 is 19.3 Å². The number of rotatable bonds is 12. The van der Waals surface area contributed by atoms with Crippen molar-refractivity contribution >= 4 is 5.91 Å². The third kappa shape index (κ3) is 7.48. The average Bonchev–Trinajstić information content (AvgIpc) is 3.12. The van der Waals surface area contributed by atoms with Crippen molar-refractivity contribution in [3.8, 4) is 11.5 Å². The van der Waals surface area contributed by atoms with Crippen molar-refractivity contribution in [1.29, 1.82) is 0 Å². The van der Waals surface area contributed by atoms with Gasteiger partial charge in [0.25, 0.3) is 0 Å². The maximum absolute atomic E-state index is 12.0. The maximum atomic E-state index is 12.0. The van der Waals surface area contributed by atoms with Gasteiger partial charge in [-0.3, -0.25) is 4.79 Å². The van der Waals surface area contributed by atoms with Gasteiger partial charge in [-0.25, -0.2) is 0 Å². The van der Waals surface area contributed by atoms with Crippen LogP contribution in [-0.4, -0.2) is 24.2 Å². The van der Waals surface area contributed by atoms with Crippen LogP contribution in [0.3, 0.4) is 0 Å². The average molecular weight is 423 g/mol. The molecule has 0 aliphatic rings. The van der Waals surface area contributed by atoms with E-state index in [9.17, 15) is 4.79 Å². The molecule has 0 saturated heterocycles. The van der Waals surface area contributed by atoms with E-state index in [1.165, 1.54) is 0 Å². The molecule has 0 saturated carbocycles. The zero-order chi connectivity index (χ0) is 21.9. The molecule has 0 fully saturated rings. The number of carbonyl (C=O) groups is 1. The molecule has 1 aromatic heterocycles. The number of amides is 1. The summed E-state index contributed by atoms with van der Waals surface area (Å²) in [5.41, 5.74) is 3.02. The minimum absolute atomic E-state index is 0.0482. The van der Waals surface area contributed by atoms with Gasteiger partial charge in [-0.05, 0) is 62.9 Å². The van der Waals surface area contributed by atoms with Crippen molar-refractivity contribution in [3.63, 3.8) is 0 Å². The summed E-state index contributed by atoms with van der Waals surface area (Å²) in [6.07, 6.45) is 2.84. The number of nitrogens with one attached hydrogen (secondary N) is 1. The Bertz CT molecular complexity index is 916. The lowest BCUT2D eigenvalue weighted by Crippen LogP contribution is -2.25. The predicted octanol–water partition coefficient (Wildman–Crippen LogP) is 4.78. The topological polar surface area (TPSA) is 73.6 Å². The number of hydrogen-bond donors (Lipinski definition) is 1. The van der Waals surface area contributed by atoms with Crippen LogP contribution in [-0.2, 0) is 17.8 Å². The van der Waals surface area contributed by atoms with Crippen molar-refractivity contribution in [1.82, 2.24) is 10.5 Å². The molecule has 0 aliphatic carbocycles. The second kappa shape index (κ2) is 11.8. The number of nitrogens with zero attached hydrogens (tertiary/aromatic N) is 1. The van der Waals surface area contributed by atoms with E-state index in [2.05, 4.69) is 10.5 Å². The Hall–Kier alpha value is -3.28. The summed E-state index contributed by atoms with van der Waals surface area (Å²) in [6, 6.07) is 17.7. The second-order valence-electron chi connectivity index (χ2n) is 7.45. The van der Waals surface area contributed by atoms with Crippen molar-refractivity contribution < 1.29 is 18.8 Å². The molecule has 1 N–H and O–H groups in total. The number of benzene rings is 2. The van der Waals surface area contributed by atoms with E-state index >= 15 is 0 Å². The van der Waals surface area contributed by atoms with Crippen LogP contribution < -0.4 is 14.8 Å². The van der Waals surface area contributed by atoms with E-state index in [4.69, 9.17) is 14.0 Å². The zero-order valence-electron chi connectivity index (χ0n) is 18.2. The molecule has 1 amide bonds. The third-order valence-electron chi connectivity index (χ3n) is 5.02. The van der Waals surface area contributed by atoms with Crippen LogP contribution in [0.2, 0.25) is 0 Å². The second-order valence-corrected chi connectivity index (χ2v) is 7.45. The molecule has 2 aromatic carbocycles. The minimum atomic E-state index is 0.0482. The highest BCUT2D eigenvalue weighted by molar-refractivity contribution is 5.76. The summed E-state index contributed by atoms with van der Waals surface area (Å²) in [7, 11) is 0. The Balaban J connectivity index is 1.25. The SMILES string of the molecule is Cc1noc(C)c1CCC(=O)NCCCCOc1ccc(OCc2ccccc2)cc1. The molecule has 3 rings (SSSR count). The van der Waals surface area contributed by atoms with Gasteiger partial charge in [0, 0.05) is 18.5 Å². The Labute approximate surface area is 183 Å². The lowest BCUT2D eigenvalue weighted by atomic mass is 10.1. The maximum Gasteiger partial charge on any atom is 0.220 e. The molecule has 3 aromatic rings. The lowest BCUT2D eigenvalue weighted by Gasteiger charge is -2.09. The van der Waals surface area contributed by atoms with E-state index in [1.54, 1.807) is 0 Å². The summed E-state index contributed by atoms with van der Waals surface area (Å²) < 4.78 is 16.7. The molecule has 0 unspecified atom stereocenters. The van der Waals surface area contributed by atoms with Crippen LogP contribution in [0, 0.1) is 13.8 Å². The van der Waals surface area contributed by atoms with Crippen molar-refractivity contribution in [2.45, 2.75) is 46.1 Å². The van der Waals surface area contributed by atoms with Crippen LogP contribution in [0.15, 0.2) is 59.1 Å². The first-order valence-electron chi connectivity index (χ1n) is 10.7. The van der Waals surface area contributed by atoms with Gasteiger partial charge >= 0.3 is 0 Å². The van der Waals surface area contributed by atoms with Gasteiger partial charge in [0.15, 0.2) is 0 Å². The highest BCUT2D eigenvalue weighted by Gasteiger charge is 2.10. The molecule has 31 heavy (non-hydrogen) atoms. The fraction of sp³-hybridized carbons (Fsp3) is 0.360. The van der Waals surface area contributed by atoms with E-state index in [1.807, 2.05) is 68.4 Å². The molecule has 6 heteroatoms. The van der Waals surface area contributed by atoms with Gasteiger partial charge in [0.1, 0.15) is 23.9 Å². The number of carbonyl (C=O) groups excluding carboxylic acids is 1. The Kier molecular flexibility index (Phi) is 8.52. The fourth-order valence-corrected chi connectivity index (χ4v) is 3.20. The van der Waals surface area contributed by atoms with Gasteiger partial charge in [0.05, 0.1) is 12.3 Å². The summed E-state index contributed by atoms with van der Waals surface area (Å²) >= 11 is 0. The molecule has 0 aliphatic heterocycles.